The molecule has 0 radical (unpaired) electrons. The molecule has 2 aliphatic heterocycles. The highest BCUT2D eigenvalue weighted by Crippen LogP contribution is 2.37. The predicted octanol–water partition coefficient (Wildman–Crippen LogP) is 2.41. The van der Waals surface area contributed by atoms with E-state index in [9.17, 15) is 8.42 Å². The second kappa shape index (κ2) is 6.51. The van der Waals surface area contributed by atoms with Gasteiger partial charge in [-0.05, 0) is 36.1 Å². The van der Waals surface area contributed by atoms with Gasteiger partial charge in [-0.15, -0.1) is 0 Å². The molecule has 0 saturated carbocycles. The third kappa shape index (κ3) is 2.90. The molecule has 27 heavy (non-hydrogen) atoms. The summed E-state index contributed by atoms with van der Waals surface area (Å²) in [5.41, 5.74) is 2.84. The van der Waals surface area contributed by atoms with Gasteiger partial charge in [-0.1, -0.05) is 24.3 Å². The van der Waals surface area contributed by atoms with Gasteiger partial charge in [0.2, 0.25) is 16.8 Å². The number of aryl methyl sites for hydroxylation is 1. The maximum atomic E-state index is 13.0. The number of benzene rings is 2. The number of rotatable bonds is 3. The highest BCUT2D eigenvalue weighted by Gasteiger charge is 2.34. The van der Waals surface area contributed by atoms with E-state index < -0.39 is 10.0 Å². The van der Waals surface area contributed by atoms with Crippen LogP contribution in [-0.4, -0.2) is 50.6 Å². The van der Waals surface area contributed by atoms with Crippen LogP contribution in [0, 0.1) is 0 Å². The van der Waals surface area contributed by atoms with Crippen molar-refractivity contribution in [3.05, 3.63) is 53.6 Å². The molecule has 1 unspecified atom stereocenters. The molecule has 0 spiro atoms. The molecule has 0 amide bonds. The van der Waals surface area contributed by atoms with Gasteiger partial charge in [0.1, 0.15) is 0 Å². The number of nitrogens with zero attached hydrogens (tertiary/aromatic N) is 2. The van der Waals surface area contributed by atoms with Crippen LogP contribution in [0.1, 0.15) is 23.6 Å². The zero-order chi connectivity index (χ0) is 18.4. The van der Waals surface area contributed by atoms with Crippen molar-refractivity contribution in [2.75, 3.05) is 33.0 Å². The SMILES string of the molecule is O=S(=O)(c1ccc2c(c1)OCO2)N1CCN(C2CCc3ccccc32)CC1. The molecule has 2 heterocycles. The van der Waals surface area contributed by atoms with Crippen molar-refractivity contribution >= 4 is 10.0 Å². The van der Waals surface area contributed by atoms with Crippen LogP contribution in [0.2, 0.25) is 0 Å². The molecule has 3 aliphatic rings. The topological polar surface area (TPSA) is 59.1 Å². The maximum Gasteiger partial charge on any atom is 0.243 e. The van der Waals surface area contributed by atoms with Crippen molar-refractivity contribution in [2.45, 2.75) is 23.8 Å². The Morgan fingerprint density at radius 1 is 0.926 bits per heavy atom. The molecule has 1 fully saturated rings. The van der Waals surface area contributed by atoms with Crippen molar-refractivity contribution < 1.29 is 17.9 Å². The summed E-state index contributed by atoms with van der Waals surface area (Å²) in [4.78, 5) is 2.70. The minimum atomic E-state index is -3.52. The van der Waals surface area contributed by atoms with Crippen LogP contribution in [0.15, 0.2) is 47.4 Å². The van der Waals surface area contributed by atoms with E-state index in [1.807, 2.05) is 0 Å². The Morgan fingerprint density at radius 3 is 2.56 bits per heavy atom. The predicted molar refractivity (Wildman–Crippen MR) is 100 cm³/mol. The molecule has 6 nitrogen and oxygen atoms in total. The van der Waals surface area contributed by atoms with E-state index in [1.165, 1.54) is 11.1 Å². The normalized spacial score (nSPS) is 22.7. The summed E-state index contributed by atoms with van der Waals surface area (Å²) in [5, 5.41) is 0. The lowest BCUT2D eigenvalue weighted by Crippen LogP contribution is -2.49. The first-order chi connectivity index (χ1) is 13.1. The smallest absolute Gasteiger partial charge is 0.243 e. The lowest BCUT2D eigenvalue weighted by atomic mass is 10.1. The number of hydrogen-bond donors (Lipinski definition) is 0. The first-order valence-corrected chi connectivity index (χ1v) is 10.8. The summed E-state index contributed by atoms with van der Waals surface area (Å²) in [7, 11) is -3.52. The van der Waals surface area contributed by atoms with Crippen LogP contribution in [0.3, 0.4) is 0 Å². The largest absolute Gasteiger partial charge is 0.454 e. The summed E-state index contributed by atoms with van der Waals surface area (Å²) >= 11 is 0. The van der Waals surface area contributed by atoms with E-state index in [1.54, 1.807) is 22.5 Å². The third-order valence-corrected chi connectivity index (χ3v) is 7.69. The van der Waals surface area contributed by atoms with E-state index >= 15 is 0 Å². The minimum Gasteiger partial charge on any atom is -0.454 e. The highest BCUT2D eigenvalue weighted by molar-refractivity contribution is 7.89. The summed E-state index contributed by atoms with van der Waals surface area (Å²) in [6.45, 7) is 2.66. The summed E-state index contributed by atoms with van der Waals surface area (Å²) in [5.74, 6) is 1.09. The van der Waals surface area contributed by atoms with Gasteiger partial charge >= 0.3 is 0 Å². The Labute approximate surface area is 159 Å². The minimum absolute atomic E-state index is 0.139. The monoisotopic (exact) mass is 386 g/mol. The van der Waals surface area contributed by atoms with Crippen LogP contribution in [0.5, 0.6) is 11.5 Å². The van der Waals surface area contributed by atoms with E-state index in [0.717, 1.165) is 25.9 Å². The quantitative estimate of drug-likeness (QED) is 0.811. The van der Waals surface area contributed by atoms with Crippen molar-refractivity contribution in [2.24, 2.45) is 0 Å². The fourth-order valence-electron chi connectivity index (χ4n) is 4.36. The Balaban J connectivity index is 1.30. The number of ether oxygens (including phenoxy) is 2. The molecule has 1 aliphatic carbocycles. The lowest BCUT2D eigenvalue weighted by molar-refractivity contribution is 0.137. The molecule has 1 atom stereocenters. The van der Waals surface area contributed by atoms with E-state index in [0.29, 0.717) is 30.6 Å². The van der Waals surface area contributed by atoms with Gasteiger partial charge in [0, 0.05) is 38.3 Å². The average Bonchev–Trinajstić information content (AvgIpc) is 3.34. The Bertz CT molecular complexity index is 968. The van der Waals surface area contributed by atoms with Crippen LogP contribution >= 0.6 is 0 Å². The van der Waals surface area contributed by atoms with Gasteiger partial charge < -0.3 is 9.47 Å². The lowest BCUT2D eigenvalue weighted by Gasteiger charge is -2.37. The van der Waals surface area contributed by atoms with Gasteiger partial charge in [-0.2, -0.15) is 4.31 Å². The first-order valence-electron chi connectivity index (χ1n) is 9.34. The van der Waals surface area contributed by atoms with Crippen molar-refractivity contribution in [3.63, 3.8) is 0 Å². The van der Waals surface area contributed by atoms with Crippen LogP contribution < -0.4 is 9.47 Å². The molecule has 0 aromatic heterocycles. The molecule has 0 N–H and O–H groups in total. The molecule has 1 saturated heterocycles. The van der Waals surface area contributed by atoms with Gasteiger partial charge in [0.25, 0.3) is 0 Å². The van der Waals surface area contributed by atoms with Crippen LogP contribution in [-0.2, 0) is 16.4 Å². The third-order valence-electron chi connectivity index (χ3n) is 5.80. The van der Waals surface area contributed by atoms with Crippen LogP contribution in [0.4, 0.5) is 0 Å². The molecule has 2 aromatic carbocycles. The molecular formula is C20H22N2O4S. The maximum absolute atomic E-state index is 13.0. The second-order valence-electron chi connectivity index (χ2n) is 7.21. The standard InChI is InChI=1S/C20H22N2O4S/c23-27(24,16-6-8-19-20(13-16)26-14-25-19)22-11-9-21(10-12-22)18-7-5-15-3-1-2-4-17(15)18/h1-4,6,8,13,18H,5,7,9-12,14H2. The Kier molecular flexibility index (Phi) is 4.11. The Morgan fingerprint density at radius 2 is 1.70 bits per heavy atom. The van der Waals surface area contributed by atoms with Gasteiger partial charge in [-0.3, -0.25) is 4.90 Å². The first kappa shape index (κ1) is 17.0. The average molecular weight is 386 g/mol. The van der Waals surface area contributed by atoms with E-state index in [2.05, 4.69) is 29.2 Å². The fourth-order valence-corrected chi connectivity index (χ4v) is 5.79. The van der Waals surface area contributed by atoms with Gasteiger partial charge in [0.05, 0.1) is 4.90 Å². The molecule has 0 bridgehead atoms. The summed E-state index contributed by atoms with van der Waals surface area (Å²) in [6.07, 6.45) is 2.23. The fraction of sp³-hybridized carbons (Fsp3) is 0.400. The number of sulfonamides is 1. The Hall–Kier alpha value is -2.09. The van der Waals surface area contributed by atoms with Gasteiger partial charge in [-0.25, -0.2) is 8.42 Å². The van der Waals surface area contributed by atoms with Crippen molar-refractivity contribution in [1.29, 1.82) is 0 Å². The van der Waals surface area contributed by atoms with E-state index in [-0.39, 0.29) is 11.7 Å². The number of piperazine rings is 1. The van der Waals surface area contributed by atoms with Crippen LogP contribution in [0.25, 0.3) is 0 Å². The van der Waals surface area contributed by atoms with Gasteiger partial charge in [0.15, 0.2) is 11.5 Å². The zero-order valence-electron chi connectivity index (χ0n) is 15.0. The van der Waals surface area contributed by atoms with Crippen molar-refractivity contribution in [3.8, 4) is 11.5 Å². The zero-order valence-corrected chi connectivity index (χ0v) is 15.8. The molecule has 2 aromatic rings. The van der Waals surface area contributed by atoms with E-state index in [4.69, 9.17) is 9.47 Å². The number of fused-ring (bicyclic) bond motifs is 2. The summed E-state index contributed by atoms with van der Waals surface area (Å²) in [6, 6.07) is 13.9. The molecule has 5 rings (SSSR count). The molecule has 142 valence electrons. The second-order valence-corrected chi connectivity index (χ2v) is 9.15. The number of hydrogen-bond acceptors (Lipinski definition) is 5. The highest BCUT2D eigenvalue weighted by atomic mass is 32.2. The molecular weight excluding hydrogens is 364 g/mol. The summed E-state index contributed by atoms with van der Waals surface area (Å²) < 4.78 is 38.2. The van der Waals surface area contributed by atoms with Crippen molar-refractivity contribution in [1.82, 2.24) is 9.21 Å². The molecule has 7 heteroatoms.